The molecule has 1 fully saturated rings. The van der Waals surface area contributed by atoms with Crippen LogP contribution in [0.25, 0.3) is 0 Å². The normalized spacial score (nSPS) is 15.1. The molecule has 3 rings (SSSR count). The molecule has 25 heavy (non-hydrogen) atoms. The molecule has 0 saturated heterocycles. The first-order chi connectivity index (χ1) is 12.0. The van der Waals surface area contributed by atoms with Crippen molar-refractivity contribution in [2.24, 2.45) is 0 Å². The molecule has 0 spiro atoms. The van der Waals surface area contributed by atoms with E-state index in [0.717, 1.165) is 37.0 Å². The zero-order valence-electron chi connectivity index (χ0n) is 13.7. The third-order valence-electron chi connectivity index (χ3n) is 4.02. The van der Waals surface area contributed by atoms with E-state index >= 15 is 0 Å². The van der Waals surface area contributed by atoms with Crippen molar-refractivity contribution in [1.29, 1.82) is 0 Å². The standard InChI is InChI=1S/C16H19N3O4S2/c1-23-12-6-8-13(9-7-12)25(21,22)19-16-18-14(10-24-16)15(20)17-11-4-2-3-5-11/h6-11H,2-5H2,1H3,(H,17,20)(H,18,19). The lowest BCUT2D eigenvalue weighted by molar-refractivity contribution is 0.0933. The van der Waals surface area contributed by atoms with E-state index in [1.165, 1.54) is 19.2 Å². The summed E-state index contributed by atoms with van der Waals surface area (Å²) in [4.78, 5) is 16.3. The number of benzene rings is 1. The molecular weight excluding hydrogens is 362 g/mol. The molecular formula is C16H19N3O4S2. The third kappa shape index (κ3) is 4.29. The van der Waals surface area contributed by atoms with Crippen LogP contribution in [0.4, 0.5) is 5.13 Å². The van der Waals surface area contributed by atoms with Gasteiger partial charge in [0.05, 0.1) is 12.0 Å². The molecule has 1 aromatic carbocycles. The Balaban J connectivity index is 1.68. The Labute approximate surface area is 150 Å². The van der Waals surface area contributed by atoms with Crippen molar-refractivity contribution in [2.75, 3.05) is 11.8 Å². The number of ether oxygens (including phenoxy) is 1. The number of hydrogen-bond donors (Lipinski definition) is 2. The van der Waals surface area contributed by atoms with E-state index in [-0.39, 0.29) is 27.7 Å². The van der Waals surface area contributed by atoms with Crippen LogP contribution in [-0.2, 0) is 10.0 Å². The summed E-state index contributed by atoms with van der Waals surface area (Å²) >= 11 is 1.08. The quantitative estimate of drug-likeness (QED) is 0.802. The molecule has 1 heterocycles. The van der Waals surface area contributed by atoms with Crippen molar-refractivity contribution in [1.82, 2.24) is 10.3 Å². The molecule has 0 unspecified atom stereocenters. The van der Waals surface area contributed by atoms with Crippen LogP contribution in [0.15, 0.2) is 34.5 Å². The Morgan fingerprint density at radius 3 is 2.56 bits per heavy atom. The number of aromatic nitrogens is 1. The number of anilines is 1. The summed E-state index contributed by atoms with van der Waals surface area (Å²) in [6.07, 6.45) is 4.20. The highest BCUT2D eigenvalue weighted by molar-refractivity contribution is 7.93. The van der Waals surface area contributed by atoms with Gasteiger partial charge in [-0.05, 0) is 37.1 Å². The van der Waals surface area contributed by atoms with Crippen LogP contribution >= 0.6 is 11.3 Å². The number of thiazole rings is 1. The van der Waals surface area contributed by atoms with Gasteiger partial charge in [-0.1, -0.05) is 12.8 Å². The summed E-state index contributed by atoms with van der Waals surface area (Å²) in [6, 6.07) is 6.22. The van der Waals surface area contributed by atoms with Gasteiger partial charge in [0.2, 0.25) is 0 Å². The molecule has 1 amide bonds. The molecule has 0 radical (unpaired) electrons. The second kappa shape index (κ2) is 7.40. The van der Waals surface area contributed by atoms with Crippen LogP contribution in [-0.4, -0.2) is 32.5 Å². The van der Waals surface area contributed by atoms with E-state index < -0.39 is 10.0 Å². The Morgan fingerprint density at radius 2 is 1.92 bits per heavy atom. The number of rotatable bonds is 6. The number of nitrogens with zero attached hydrogens (tertiary/aromatic N) is 1. The van der Waals surface area contributed by atoms with Crippen molar-refractivity contribution in [2.45, 2.75) is 36.6 Å². The molecule has 1 aliphatic rings. The van der Waals surface area contributed by atoms with Crippen LogP contribution in [0.2, 0.25) is 0 Å². The van der Waals surface area contributed by atoms with E-state index in [0.29, 0.717) is 5.75 Å². The Morgan fingerprint density at radius 1 is 1.24 bits per heavy atom. The minimum atomic E-state index is -3.76. The highest BCUT2D eigenvalue weighted by atomic mass is 32.2. The molecule has 0 bridgehead atoms. The van der Waals surface area contributed by atoms with Crippen LogP contribution in [0.1, 0.15) is 36.2 Å². The van der Waals surface area contributed by atoms with Gasteiger partial charge in [0.1, 0.15) is 11.4 Å². The predicted octanol–water partition coefficient (Wildman–Crippen LogP) is 2.62. The molecule has 0 aliphatic heterocycles. The van der Waals surface area contributed by atoms with Crippen molar-refractivity contribution in [3.63, 3.8) is 0 Å². The van der Waals surface area contributed by atoms with Crippen molar-refractivity contribution >= 4 is 32.4 Å². The predicted molar refractivity (Wildman–Crippen MR) is 95.6 cm³/mol. The Kier molecular flexibility index (Phi) is 5.24. The first-order valence-corrected chi connectivity index (χ1v) is 10.3. The molecule has 7 nitrogen and oxygen atoms in total. The largest absolute Gasteiger partial charge is 0.497 e. The van der Waals surface area contributed by atoms with E-state index in [2.05, 4.69) is 15.0 Å². The monoisotopic (exact) mass is 381 g/mol. The zero-order chi connectivity index (χ0) is 17.9. The molecule has 134 valence electrons. The topological polar surface area (TPSA) is 97.4 Å². The lowest BCUT2D eigenvalue weighted by Gasteiger charge is -2.10. The third-order valence-corrected chi connectivity index (χ3v) is 6.26. The number of carbonyl (C=O) groups excluding carboxylic acids is 1. The summed E-state index contributed by atoms with van der Waals surface area (Å²) in [5, 5.41) is 4.64. The molecule has 0 atom stereocenters. The summed E-state index contributed by atoms with van der Waals surface area (Å²) in [5.41, 5.74) is 0.226. The van der Waals surface area contributed by atoms with E-state index in [9.17, 15) is 13.2 Å². The van der Waals surface area contributed by atoms with Crippen LogP contribution in [0.5, 0.6) is 5.75 Å². The van der Waals surface area contributed by atoms with Gasteiger partial charge in [-0.15, -0.1) is 11.3 Å². The SMILES string of the molecule is COc1ccc(S(=O)(=O)Nc2nc(C(=O)NC3CCCC3)cs2)cc1. The van der Waals surface area contributed by atoms with Crippen molar-refractivity contribution in [3.8, 4) is 5.75 Å². The van der Waals surface area contributed by atoms with Gasteiger partial charge >= 0.3 is 0 Å². The van der Waals surface area contributed by atoms with Gasteiger partial charge in [0, 0.05) is 11.4 Å². The fraction of sp³-hybridized carbons (Fsp3) is 0.375. The maximum absolute atomic E-state index is 12.4. The average molecular weight is 381 g/mol. The maximum atomic E-state index is 12.4. The van der Waals surface area contributed by atoms with E-state index in [1.807, 2.05) is 0 Å². The summed E-state index contributed by atoms with van der Waals surface area (Å²) in [7, 11) is -2.25. The number of nitrogens with one attached hydrogen (secondary N) is 2. The number of hydrogen-bond acceptors (Lipinski definition) is 6. The average Bonchev–Trinajstić information content (AvgIpc) is 3.26. The lowest BCUT2D eigenvalue weighted by atomic mass is 10.2. The van der Waals surface area contributed by atoms with Gasteiger partial charge in [-0.25, -0.2) is 13.4 Å². The summed E-state index contributed by atoms with van der Waals surface area (Å²) in [6.45, 7) is 0. The Bertz CT molecular complexity index is 841. The van der Waals surface area contributed by atoms with Crippen molar-refractivity contribution in [3.05, 3.63) is 35.3 Å². The van der Waals surface area contributed by atoms with Gasteiger partial charge in [0.25, 0.3) is 15.9 Å². The molecule has 1 aliphatic carbocycles. The van der Waals surface area contributed by atoms with Gasteiger partial charge in [-0.2, -0.15) is 0 Å². The molecule has 9 heteroatoms. The molecule has 1 aromatic heterocycles. The Hall–Kier alpha value is -2.13. The number of amides is 1. The molecule has 2 N–H and O–H groups in total. The highest BCUT2D eigenvalue weighted by Crippen LogP contribution is 2.23. The zero-order valence-corrected chi connectivity index (χ0v) is 15.3. The van der Waals surface area contributed by atoms with Crippen molar-refractivity contribution < 1.29 is 17.9 Å². The summed E-state index contributed by atoms with van der Waals surface area (Å²) < 4.78 is 32.2. The van der Waals surface area contributed by atoms with Gasteiger partial charge in [0.15, 0.2) is 5.13 Å². The minimum Gasteiger partial charge on any atom is -0.497 e. The smallest absolute Gasteiger partial charge is 0.271 e. The maximum Gasteiger partial charge on any atom is 0.271 e. The van der Waals surface area contributed by atoms with Gasteiger partial charge < -0.3 is 10.1 Å². The number of carbonyl (C=O) groups is 1. The first-order valence-electron chi connectivity index (χ1n) is 7.91. The van der Waals surface area contributed by atoms with Gasteiger partial charge in [-0.3, -0.25) is 9.52 Å². The van der Waals surface area contributed by atoms with Crippen LogP contribution in [0, 0.1) is 0 Å². The second-order valence-electron chi connectivity index (χ2n) is 5.77. The second-order valence-corrected chi connectivity index (χ2v) is 8.31. The number of sulfonamides is 1. The molecule has 1 saturated carbocycles. The molecule has 2 aromatic rings. The summed E-state index contributed by atoms with van der Waals surface area (Å²) in [5.74, 6) is 0.303. The van der Waals surface area contributed by atoms with Crippen LogP contribution < -0.4 is 14.8 Å². The number of methoxy groups -OCH3 is 1. The lowest BCUT2D eigenvalue weighted by Crippen LogP contribution is -2.32. The van der Waals surface area contributed by atoms with Crippen LogP contribution in [0.3, 0.4) is 0 Å². The highest BCUT2D eigenvalue weighted by Gasteiger charge is 2.21. The first kappa shape index (κ1) is 17.7. The fourth-order valence-corrected chi connectivity index (χ4v) is 4.63. The van der Waals surface area contributed by atoms with E-state index in [1.54, 1.807) is 17.5 Å². The fourth-order valence-electron chi connectivity index (χ4n) is 2.68. The minimum absolute atomic E-state index is 0.0976. The van der Waals surface area contributed by atoms with E-state index in [4.69, 9.17) is 4.74 Å².